The summed E-state index contributed by atoms with van der Waals surface area (Å²) in [6.45, 7) is 1.94. The molecule has 3 aromatic carbocycles. The first kappa shape index (κ1) is 26.0. The Hall–Kier alpha value is -4.07. The van der Waals surface area contributed by atoms with Crippen LogP contribution >= 0.6 is 23.2 Å². The predicted octanol–water partition coefficient (Wildman–Crippen LogP) is 7.49. The lowest BCUT2D eigenvalue weighted by atomic mass is 9.98. The summed E-state index contributed by atoms with van der Waals surface area (Å²) in [6, 6.07) is 26.5. The van der Waals surface area contributed by atoms with Crippen LogP contribution in [0.25, 0.3) is 0 Å². The fraction of sp³-hybridized carbons (Fsp3) is 0.107. The van der Waals surface area contributed by atoms with Crippen LogP contribution < -0.4 is 16.4 Å². The molecular weight excluding hydrogens is 509 g/mol. The molecule has 1 aromatic heterocycles. The van der Waals surface area contributed by atoms with Gasteiger partial charge in [0.25, 0.3) is 0 Å². The van der Waals surface area contributed by atoms with Crippen LogP contribution in [0.5, 0.6) is 0 Å². The van der Waals surface area contributed by atoms with E-state index >= 15 is 0 Å². The van der Waals surface area contributed by atoms with Crippen LogP contribution in [-0.2, 0) is 4.74 Å². The summed E-state index contributed by atoms with van der Waals surface area (Å²) in [6.07, 6.45) is 0.961. The van der Waals surface area contributed by atoms with E-state index in [1.165, 1.54) is 0 Å². The Kier molecular flexibility index (Phi) is 8.61. The number of carbonyl (C=O) groups is 1. The molecule has 0 atom stereocenters. The number of benzene rings is 3. The molecule has 4 N–H and O–H groups in total. The molecule has 1 amide bonds. The lowest BCUT2D eigenvalue weighted by Crippen LogP contribution is -2.16. The zero-order chi connectivity index (χ0) is 26.2. The van der Waals surface area contributed by atoms with Crippen molar-refractivity contribution in [2.45, 2.75) is 13.0 Å². The lowest BCUT2D eigenvalue weighted by molar-refractivity contribution is 0.168. The van der Waals surface area contributed by atoms with E-state index in [2.05, 4.69) is 20.6 Å². The number of halogens is 2. The molecule has 0 saturated heterocycles. The van der Waals surface area contributed by atoms with Crippen molar-refractivity contribution in [1.82, 2.24) is 4.98 Å². The normalized spacial score (nSPS) is 11.0. The number of amides is 1. The van der Waals surface area contributed by atoms with Crippen molar-refractivity contribution in [2.24, 2.45) is 4.99 Å². The molecule has 7 nitrogen and oxygen atoms in total. The molecule has 0 fully saturated rings. The van der Waals surface area contributed by atoms with Crippen molar-refractivity contribution in [2.75, 3.05) is 23.0 Å². The third-order valence-corrected chi connectivity index (χ3v) is 5.95. The van der Waals surface area contributed by atoms with E-state index < -0.39 is 6.09 Å². The maximum atomic E-state index is 12.1. The maximum absolute atomic E-state index is 12.1. The number of carbonyl (C=O) groups excluding carboxylic acids is 1. The highest BCUT2D eigenvalue weighted by Crippen LogP contribution is 2.37. The molecule has 37 heavy (non-hydrogen) atoms. The molecule has 0 unspecified atom stereocenters. The second-order valence-corrected chi connectivity index (χ2v) is 8.80. The highest BCUT2D eigenvalue weighted by Gasteiger charge is 2.19. The van der Waals surface area contributed by atoms with Gasteiger partial charge in [0, 0.05) is 22.9 Å². The van der Waals surface area contributed by atoms with Gasteiger partial charge in [0.2, 0.25) is 0 Å². The zero-order valence-electron chi connectivity index (χ0n) is 20.0. The molecular formula is C28H25Cl2N5O2. The second-order valence-electron chi connectivity index (χ2n) is 7.96. The highest BCUT2D eigenvalue weighted by molar-refractivity contribution is 6.36. The van der Waals surface area contributed by atoms with Gasteiger partial charge in [-0.25, -0.2) is 9.78 Å². The summed E-state index contributed by atoms with van der Waals surface area (Å²) in [4.78, 5) is 21.0. The molecule has 188 valence electrons. The van der Waals surface area contributed by atoms with Crippen LogP contribution in [0.1, 0.15) is 29.7 Å². The van der Waals surface area contributed by atoms with E-state index in [1.54, 1.807) is 37.4 Å². The van der Waals surface area contributed by atoms with E-state index in [9.17, 15) is 4.79 Å². The molecule has 0 aliphatic rings. The fourth-order valence-electron chi connectivity index (χ4n) is 3.69. The van der Waals surface area contributed by atoms with Crippen LogP contribution in [-0.4, -0.2) is 23.9 Å². The van der Waals surface area contributed by atoms with Crippen molar-refractivity contribution in [3.63, 3.8) is 0 Å². The minimum Gasteiger partial charge on any atom is -0.450 e. The largest absolute Gasteiger partial charge is 0.450 e. The number of ether oxygens (including phenoxy) is 1. The summed E-state index contributed by atoms with van der Waals surface area (Å²) < 4.78 is 5.00. The first-order valence-electron chi connectivity index (χ1n) is 11.5. The molecule has 0 bridgehead atoms. The average molecular weight is 534 g/mol. The molecule has 0 saturated carbocycles. The molecule has 4 rings (SSSR count). The predicted molar refractivity (Wildman–Crippen MR) is 151 cm³/mol. The third kappa shape index (κ3) is 6.78. The molecule has 0 radical (unpaired) electrons. The van der Waals surface area contributed by atoms with Crippen LogP contribution in [0.3, 0.4) is 0 Å². The smallest absolute Gasteiger partial charge is 0.412 e. The number of aromatic nitrogens is 1. The van der Waals surface area contributed by atoms with Crippen LogP contribution in [0, 0.1) is 0 Å². The van der Waals surface area contributed by atoms with Crippen LogP contribution in [0.15, 0.2) is 89.9 Å². The van der Waals surface area contributed by atoms with Gasteiger partial charge < -0.3 is 15.8 Å². The van der Waals surface area contributed by atoms with Crippen LogP contribution in [0.2, 0.25) is 10.0 Å². The Morgan fingerprint density at radius 2 is 1.68 bits per heavy atom. The minimum atomic E-state index is -0.632. The van der Waals surface area contributed by atoms with E-state index in [4.69, 9.17) is 33.7 Å². The Morgan fingerprint density at radius 3 is 2.27 bits per heavy atom. The van der Waals surface area contributed by atoms with Crippen LogP contribution in [0.4, 0.5) is 27.8 Å². The Morgan fingerprint density at radius 1 is 1.03 bits per heavy atom. The Balaban J connectivity index is 1.79. The van der Waals surface area contributed by atoms with Gasteiger partial charge in [0.15, 0.2) is 5.82 Å². The minimum absolute atomic E-state index is 0.109. The number of nitrogens with one attached hydrogen (secondary N) is 2. The number of rotatable bonds is 8. The van der Waals surface area contributed by atoms with Gasteiger partial charge in [-0.1, -0.05) is 89.9 Å². The molecule has 0 aliphatic carbocycles. The van der Waals surface area contributed by atoms with Crippen molar-refractivity contribution >= 4 is 58.5 Å². The van der Waals surface area contributed by atoms with Gasteiger partial charge in [-0.05, 0) is 30.2 Å². The van der Waals surface area contributed by atoms with Gasteiger partial charge >= 0.3 is 6.09 Å². The molecule has 1 heterocycles. The number of nitrogens with zero attached hydrogens (tertiary/aromatic N) is 2. The molecule has 0 aliphatic heterocycles. The van der Waals surface area contributed by atoms with Crippen molar-refractivity contribution in [3.8, 4) is 0 Å². The maximum Gasteiger partial charge on any atom is 0.412 e. The summed E-state index contributed by atoms with van der Waals surface area (Å²) in [5, 5.41) is 7.13. The first-order chi connectivity index (χ1) is 17.9. The summed E-state index contributed by atoms with van der Waals surface area (Å²) >= 11 is 12.4. The Labute approximate surface area is 225 Å². The van der Waals surface area contributed by atoms with E-state index in [0.717, 1.165) is 11.1 Å². The molecule has 4 aromatic rings. The lowest BCUT2D eigenvalue weighted by Gasteiger charge is -2.23. The SMILES string of the molecule is CCOC(=O)Nc1cc(NC(c2ccccc2)c2ccccc2)c(/N=C/c2ccc(Cl)cc2Cl)c(N)n1. The number of anilines is 3. The number of aliphatic imine (C=N–C) groups is 1. The third-order valence-electron chi connectivity index (χ3n) is 5.39. The van der Waals surface area contributed by atoms with Gasteiger partial charge in [-0.3, -0.25) is 10.3 Å². The number of nitrogen functional groups attached to an aromatic ring is 1. The summed E-state index contributed by atoms with van der Waals surface area (Å²) in [7, 11) is 0. The van der Waals surface area contributed by atoms with Gasteiger partial charge in [0.05, 0.1) is 23.4 Å². The highest BCUT2D eigenvalue weighted by atomic mass is 35.5. The van der Waals surface area contributed by atoms with Gasteiger partial charge in [0.1, 0.15) is 11.5 Å². The fourth-order valence-corrected chi connectivity index (χ4v) is 4.14. The number of nitrogens with two attached hydrogens (primary N) is 1. The van der Waals surface area contributed by atoms with Gasteiger partial charge in [-0.2, -0.15) is 0 Å². The second kappa shape index (κ2) is 12.3. The van der Waals surface area contributed by atoms with Crippen molar-refractivity contribution in [3.05, 3.63) is 112 Å². The summed E-state index contributed by atoms with van der Waals surface area (Å²) in [5.74, 6) is 0.333. The Bertz CT molecular complexity index is 1360. The number of hydrogen-bond acceptors (Lipinski definition) is 6. The topological polar surface area (TPSA) is 102 Å². The monoisotopic (exact) mass is 533 g/mol. The first-order valence-corrected chi connectivity index (χ1v) is 12.3. The van der Waals surface area contributed by atoms with E-state index in [-0.39, 0.29) is 24.3 Å². The van der Waals surface area contributed by atoms with Crippen molar-refractivity contribution in [1.29, 1.82) is 0 Å². The van der Waals surface area contributed by atoms with E-state index in [1.807, 2.05) is 60.7 Å². The molecule has 0 spiro atoms. The quantitative estimate of drug-likeness (QED) is 0.203. The van der Waals surface area contributed by atoms with E-state index in [0.29, 0.717) is 27.0 Å². The zero-order valence-corrected chi connectivity index (χ0v) is 21.5. The number of pyridine rings is 1. The van der Waals surface area contributed by atoms with Crippen molar-refractivity contribution < 1.29 is 9.53 Å². The standard InChI is InChI=1S/C28H25Cl2N5O2/c1-2-37-28(36)35-24-16-23(26(27(31)34-24)32-17-20-13-14-21(29)15-22(20)30)33-25(18-9-5-3-6-10-18)19-11-7-4-8-12-19/h3-17,25H,2H2,1H3,(H4,31,33,34,35,36)/b32-17+. The molecule has 9 heteroatoms. The number of hydrogen-bond donors (Lipinski definition) is 3. The summed E-state index contributed by atoms with van der Waals surface area (Å²) in [5.41, 5.74) is 10.00. The average Bonchev–Trinajstić information content (AvgIpc) is 2.89. The van der Waals surface area contributed by atoms with Gasteiger partial charge in [-0.15, -0.1) is 0 Å².